The molecular formula is C19H21F2N5O2. The van der Waals surface area contributed by atoms with Crippen molar-refractivity contribution in [2.24, 2.45) is 0 Å². The number of carbonyl (C=O) groups is 1. The van der Waals surface area contributed by atoms with Crippen molar-refractivity contribution in [2.75, 3.05) is 62.3 Å². The molecule has 2 saturated heterocycles. The molecule has 2 aliphatic heterocycles. The zero-order valence-corrected chi connectivity index (χ0v) is 15.4. The second-order valence-corrected chi connectivity index (χ2v) is 6.74. The lowest BCUT2D eigenvalue weighted by molar-refractivity contribution is 0.0746. The van der Waals surface area contributed by atoms with E-state index in [1.807, 2.05) is 6.07 Å². The van der Waals surface area contributed by atoms with Crippen molar-refractivity contribution < 1.29 is 18.3 Å². The molecule has 7 nitrogen and oxygen atoms in total. The number of carbonyl (C=O) groups excluding carboxylic acids is 1. The molecule has 148 valence electrons. The third-order valence-electron chi connectivity index (χ3n) is 5.03. The average molecular weight is 389 g/mol. The highest BCUT2D eigenvalue weighted by Gasteiger charge is 2.24. The van der Waals surface area contributed by atoms with Crippen LogP contribution in [0.25, 0.3) is 0 Å². The number of rotatable bonds is 3. The largest absolute Gasteiger partial charge is 0.378 e. The van der Waals surface area contributed by atoms with Crippen LogP contribution in [0.5, 0.6) is 0 Å². The summed E-state index contributed by atoms with van der Waals surface area (Å²) < 4.78 is 31.9. The van der Waals surface area contributed by atoms with Gasteiger partial charge in [-0.1, -0.05) is 0 Å². The van der Waals surface area contributed by atoms with Crippen molar-refractivity contribution >= 4 is 17.5 Å². The summed E-state index contributed by atoms with van der Waals surface area (Å²) in [6.45, 7) is 5.14. The van der Waals surface area contributed by atoms with Crippen LogP contribution in [0.2, 0.25) is 0 Å². The number of hydrogen-bond acceptors (Lipinski definition) is 6. The molecule has 2 aliphatic rings. The smallest absolute Gasteiger partial charge is 0.254 e. The van der Waals surface area contributed by atoms with E-state index in [1.165, 1.54) is 6.07 Å². The molecule has 0 atom stereocenters. The number of anilines is 2. The van der Waals surface area contributed by atoms with Crippen molar-refractivity contribution in [3.63, 3.8) is 0 Å². The fourth-order valence-electron chi connectivity index (χ4n) is 3.43. The maximum atomic E-state index is 13.4. The topological polar surface area (TPSA) is 61.8 Å². The van der Waals surface area contributed by atoms with Crippen LogP contribution in [0.15, 0.2) is 30.6 Å². The van der Waals surface area contributed by atoms with E-state index in [4.69, 9.17) is 4.74 Å². The molecule has 1 aromatic heterocycles. The van der Waals surface area contributed by atoms with Gasteiger partial charge in [-0.2, -0.15) is 0 Å². The van der Waals surface area contributed by atoms with Crippen LogP contribution in [-0.4, -0.2) is 73.3 Å². The summed E-state index contributed by atoms with van der Waals surface area (Å²) in [6.07, 6.45) is 1.55. The minimum absolute atomic E-state index is 0.156. The van der Waals surface area contributed by atoms with Gasteiger partial charge in [0.15, 0.2) is 11.6 Å². The predicted octanol–water partition coefficient (Wildman–Crippen LogP) is 1.55. The lowest BCUT2D eigenvalue weighted by atomic mass is 10.1. The van der Waals surface area contributed by atoms with E-state index >= 15 is 0 Å². The summed E-state index contributed by atoms with van der Waals surface area (Å²) in [6, 6.07) is 5.19. The number of amides is 1. The number of nitrogens with zero attached hydrogens (tertiary/aromatic N) is 5. The van der Waals surface area contributed by atoms with Crippen LogP contribution < -0.4 is 9.80 Å². The molecular weight excluding hydrogens is 368 g/mol. The van der Waals surface area contributed by atoms with Crippen LogP contribution in [0.1, 0.15) is 10.4 Å². The van der Waals surface area contributed by atoms with Crippen LogP contribution in [0.3, 0.4) is 0 Å². The van der Waals surface area contributed by atoms with Gasteiger partial charge in [0.25, 0.3) is 5.91 Å². The lowest BCUT2D eigenvalue weighted by Crippen LogP contribution is -2.49. The Morgan fingerprint density at radius 2 is 1.50 bits per heavy atom. The van der Waals surface area contributed by atoms with Gasteiger partial charge < -0.3 is 19.4 Å². The highest BCUT2D eigenvalue weighted by Crippen LogP contribution is 2.20. The molecule has 28 heavy (non-hydrogen) atoms. The summed E-state index contributed by atoms with van der Waals surface area (Å²) in [7, 11) is 0. The number of halogens is 2. The van der Waals surface area contributed by atoms with Crippen molar-refractivity contribution in [1.82, 2.24) is 14.9 Å². The van der Waals surface area contributed by atoms with E-state index in [-0.39, 0.29) is 11.5 Å². The van der Waals surface area contributed by atoms with Gasteiger partial charge in [-0.3, -0.25) is 4.79 Å². The maximum absolute atomic E-state index is 13.4. The molecule has 2 fully saturated rings. The molecule has 1 aromatic carbocycles. The lowest BCUT2D eigenvalue weighted by Gasteiger charge is -2.36. The van der Waals surface area contributed by atoms with Gasteiger partial charge in [-0.25, -0.2) is 18.7 Å². The summed E-state index contributed by atoms with van der Waals surface area (Å²) in [4.78, 5) is 27.2. The van der Waals surface area contributed by atoms with Crippen molar-refractivity contribution in [1.29, 1.82) is 0 Å². The van der Waals surface area contributed by atoms with Gasteiger partial charge in [0.05, 0.1) is 13.2 Å². The summed E-state index contributed by atoms with van der Waals surface area (Å²) in [5, 5.41) is 0. The molecule has 3 heterocycles. The Morgan fingerprint density at radius 3 is 2.14 bits per heavy atom. The molecule has 0 saturated carbocycles. The zero-order chi connectivity index (χ0) is 19.5. The van der Waals surface area contributed by atoms with Crippen LogP contribution in [0, 0.1) is 11.6 Å². The molecule has 0 radical (unpaired) electrons. The standard InChI is InChI=1S/C19H21F2N5O2/c20-15-2-1-14(11-16(15)21)19(27)26-5-3-24(4-6-26)17-12-18(23-13-22-17)25-7-9-28-10-8-25/h1-2,11-13H,3-10H2. The van der Waals surface area contributed by atoms with E-state index in [0.29, 0.717) is 39.4 Å². The first-order valence-electron chi connectivity index (χ1n) is 9.26. The zero-order valence-electron chi connectivity index (χ0n) is 15.4. The Bertz CT molecular complexity index is 852. The van der Waals surface area contributed by atoms with Crippen molar-refractivity contribution in [3.8, 4) is 0 Å². The van der Waals surface area contributed by atoms with Gasteiger partial charge in [-0.05, 0) is 18.2 Å². The van der Waals surface area contributed by atoms with E-state index in [2.05, 4.69) is 19.8 Å². The maximum Gasteiger partial charge on any atom is 0.254 e. The normalized spacial score (nSPS) is 17.7. The molecule has 0 unspecified atom stereocenters. The van der Waals surface area contributed by atoms with E-state index in [9.17, 15) is 13.6 Å². The number of morpholine rings is 1. The number of piperazine rings is 1. The third-order valence-corrected chi connectivity index (χ3v) is 5.03. The highest BCUT2D eigenvalue weighted by molar-refractivity contribution is 5.94. The predicted molar refractivity (Wildman–Crippen MR) is 99.5 cm³/mol. The Hall–Kier alpha value is -2.81. The molecule has 0 spiro atoms. The Morgan fingerprint density at radius 1 is 0.857 bits per heavy atom. The van der Waals surface area contributed by atoms with E-state index < -0.39 is 11.6 Å². The van der Waals surface area contributed by atoms with Crippen LogP contribution in [0.4, 0.5) is 20.4 Å². The van der Waals surface area contributed by atoms with Gasteiger partial charge >= 0.3 is 0 Å². The summed E-state index contributed by atoms with van der Waals surface area (Å²) >= 11 is 0. The van der Waals surface area contributed by atoms with Crippen LogP contribution >= 0.6 is 0 Å². The Balaban J connectivity index is 1.40. The molecule has 0 N–H and O–H groups in total. The average Bonchev–Trinajstić information content (AvgIpc) is 2.76. The SMILES string of the molecule is O=C(c1ccc(F)c(F)c1)N1CCN(c2cc(N3CCOCC3)ncn2)CC1. The van der Waals surface area contributed by atoms with Crippen LogP contribution in [-0.2, 0) is 4.74 Å². The molecule has 0 bridgehead atoms. The third kappa shape index (κ3) is 3.89. The fourth-order valence-corrected chi connectivity index (χ4v) is 3.43. The van der Waals surface area contributed by atoms with E-state index in [0.717, 1.165) is 36.9 Å². The van der Waals surface area contributed by atoms with Gasteiger partial charge in [0, 0.05) is 50.9 Å². The number of hydrogen-bond donors (Lipinski definition) is 0. The fraction of sp³-hybridized carbons (Fsp3) is 0.421. The minimum atomic E-state index is -1.01. The number of ether oxygens (including phenoxy) is 1. The summed E-state index contributed by atoms with van der Waals surface area (Å²) in [5.74, 6) is -0.581. The molecule has 4 rings (SSSR count). The number of benzene rings is 1. The van der Waals surface area contributed by atoms with Gasteiger partial charge in [-0.15, -0.1) is 0 Å². The second kappa shape index (κ2) is 8.05. The van der Waals surface area contributed by atoms with Gasteiger partial charge in [0.2, 0.25) is 0 Å². The monoisotopic (exact) mass is 389 g/mol. The van der Waals surface area contributed by atoms with Crippen molar-refractivity contribution in [3.05, 3.63) is 47.8 Å². The van der Waals surface area contributed by atoms with Gasteiger partial charge in [0.1, 0.15) is 18.0 Å². The molecule has 0 aliphatic carbocycles. The van der Waals surface area contributed by atoms with E-state index in [1.54, 1.807) is 11.2 Å². The molecule has 1 amide bonds. The molecule has 2 aromatic rings. The minimum Gasteiger partial charge on any atom is -0.378 e. The first kappa shape index (κ1) is 18.5. The molecule has 9 heteroatoms. The quantitative estimate of drug-likeness (QED) is 0.794. The first-order chi connectivity index (χ1) is 13.6. The Labute approximate surface area is 161 Å². The highest BCUT2D eigenvalue weighted by atomic mass is 19.2. The second-order valence-electron chi connectivity index (χ2n) is 6.74. The first-order valence-corrected chi connectivity index (χ1v) is 9.26. The number of aromatic nitrogens is 2. The Kier molecular flexibility index (Phi) is 5.34. The summed E-state index contributed by atoms with van der Waals surface area (Å²) in [5.41, 5.74) is 0.156. The van der Waals surface area contributed by atoms with Crippen molar-refractivity contribution in [2.45, 2.75) is 0 Å².